The summed E-state index contributed by atoms with van der Waals surface area (Å²) in [5, 5.41) is 11.4. The Morgan fingerprint density at radius 2 is 1.86 bits per heavy atom. The number of aliphatic hydroxyl groups excluding tert-OH is 1. The number of nitrogens with zero attached hydrogens (tertiary/aromatic N) is 1. The zero-order chi connectivity index (χ0) is 25.2. The van der Waals surface area contributed by atoms with Gasteiger partial charge in [-0.1, -0.05) is 49.4 Å². The molecule has 1 fully saturated rings. The Balaban J connectivity index is 1.61. The van der Waals surface area contributed by atoms with Gasteiger partial charge in [0.15, 0.2) is 0 Å². The third kappa shape index (κ3) is 4.47. The van der Waals surface area contributed by atoms with Crippen molar-refractivity contribution in [1.29, 1.82) is 0 Å². The molecule has 0 aliphatic carbocycles. The number of amides is 1. The van der Waals surface area contributed by atoms with Crippen LogP contribution in [0.4, 0.5) is 0 Å². The smallest absolute Gasteiger partial charge is 0.295 e. The fourth-order valence-electron chi connectivity index (χ4n) is 4.89. The topological polar surface area (TPSA) is 76.1 Å². The Hall–Kier alpha value is -4.06. The zero-order valence-electron chi connectivity index (χ0n) is 20.4. The Morgan fingerprint density at radius 1 is 1.06 bits per heavy atom. The predicted molar refractivity (Wildman–Crippen MR) is 137 cm³/mol. The molecule has 5 rings (SSSR count). The van der Waals surface area contributed by atoms with Crippen LogP contribution in [0.5, 0.6) is 11.5 Å². The van der Waals surface area contributed by atoms with Crippen LogP contribution in [0.15, 0.2) is 78.4 Å². The molecular formula is C30H29NO5. The van der Waals surface area contributed by atoms with Gasteiger partial charge in [0.05, 0.1) is 18.2 Å². The van der Waals surface area contributed by atoms with Crippen molar-refractivity contribution in [2.24, 2.45) is 0 Å². The number of hydrogen-bond acceptors (Lipinski definition) is 5. The summed E-state index contributed by atoms with van der Waals surface area (Å²) in [6.07, 6.45) is 1.64. The van der Waals surface area contributed by atoms with E-state index in [0.29, 0.717) is 23.5 Å². The van der Waals surface area contributed by atoms with Crippen LogP contribution in [0.3, 0.4) is 0 Å². The molecule has 6 nitrogen and oxygen atoms in total. The first-order chi connectivity index (χ1) is 17.5. The second-order valence-electron chi connectivity index (χ2n) is 9.29. The van der Waals surface area contributed by atoms with Crippen LogP contribution in [-0.2, 0) is 22.6 Å². The van der Waals surface area contributed by atoms with Gasteiger partial charge in [0, 0.05) is 18.5 Å². The number of rotatable bonds is 7. The van der Waals surface area contributed by atoms with E-state index in [4.69, 9.17) is 9.47 Å². The average molecular weight is 484 g/mol. The summed E-state index contributed by atoms with van der Waals surface area (Å²) in [6.45, 7) is 4.81. The lowest BCUT2D eigenvalue weighted by Crippen LogP contribution is -2.29. The molecule has 184 valence electrons. The summed E-state index contributed by atoms with van der Waals surface area (Å²) in [6, 6.07) is 21.6. The summed E-state index contributed by atoms with van der Waals surface area (Å²) in [4.78, 5) is 28.2. The molecule has 36 heavy (non-hydrogen) atoms. The van der Waals surface area contributed by atoms with Gasteiger partial charge in [-0.15, -0.1) is 0 Å². The van der Waals surface area contributed by atoms with E-state index in [1.54, 1.807) is 6.07 Å². The first kappa shape index (κ1) is 23.7. The van der Waals surface area contributed by atoms with Crippen LogP contribution in [-0.4, -0.2) is 34.4 Å². The second kappa shape index (κ2) is 9.90. The van der Waals surface area contributed by atoms with E-state index in [0.717, 1.165) is 29.7 Å². The number of aliphatic hydroxyl groups is 1. The van der Waals surface area contributed by atoms with Gasteiger partial charge in [-0.05, 0) is 60.4 Å². The monoisotopic (exact) mass is 483 g/mol. The molecular weight excluding hydrogens is 454 g/mol. The maximum absolute atomic E-state index is 13.4. The van der Waals surface area contributed by atoms with Gasteiger partial charge in [0.25, 0.3) is 11.7 Å². The van der Waals surface area contributed by atoms with Crippen molar-refractivity contribution in [2.75, 3.05) is 6.61 Å². The van der Waals surface area contributed by atoms with Crippen molar-refractivity contribution in [1.82, 2.24) is 4.90 Å². The predicted octanol–water partition coefficient (Wildman–Crippen LogP) is 5.42. The standard InChI is InChI=1S/C30H29NO5/c1-3-14-35-24-11-7-10-21(17-24)27-26(28(32)22-12-13-25-23(16-22)15-19(2)36-25)29(33)30(34)31(27)18-20-8-5-4-6-9-20/h4-13,16-17,19,27,32H,3,14-15,18H2,1-2H3/t19-,27-/m0/s1. The van der Waals surface area contributed by atoms with Crippen LogP contribution >= 0.6 is 0 Å². The molecule has 0 aromatic heterocycles. The Labute approximate surface area is 210 Å². The molecule has 1 amide bonds. The van der Waals surface area contributed by atoms with Crippen molar-refractivity contribution < 1.29 is 24.2 Å². The van der Waals surface area contributed by atoms with E-state index < -0.39 is 17.7 Å². The number of likely N-dealkylation sites (tertiary alicyclic amines) is 1. The maximum atomic E-state index is 13.4. The van der Waals surface area contributed by atoms with Crippen LogP contribution in [0.1, 0.15) is 48.6 Å². The summed E-state index contributed by atoms with van der Waals surface area (Å²) >= 11 is 0. The van der Waals surface area contributed by atoms with Crippen LogP contribution in [0.25, 0.3) is 5.76 Å². The normalized spacial score (nSPS) is 20.3. The van der Waals surface area contributed by atoms with Gasteiger partial charge in [0.1, 0.15) is 23.4 Å². The van der Waals surface area contributed by atoms with E-state index in [2.05, 4.69) is 0 Å². The van der Waals surface area contributed by atoms with Crippen molar-refractivity contribution in [3.8, 4) is 11.5 Å². The van der Waals surface area contributed by atoms with Gasteiger partial charge < -0.3 is 19.5 Å². The van der Waals surface area contributed by atoms with Gasteiger partial charge >= 0.3 is 0 Å². The van der Waals surface area contributed by atoms with Crippen LogP contribution in [0.2, 0.25) is 0 Å². The number of carbonyl (C=O) groups excluding carboxylic acids is 2. The fraction of sp³-hybridized carbons (Fsp3) is 0.267. The molecule has 0 bridgehead atoms. The number of hydrogen-bond donors (Lipinski definition) is 1. The summed E-state index contributed by atoms with van der Waals surface area (Å²) in [7, 11) is 0. The molecule has 0 unspecified atom stereocenters. The zero-order valence-corrected chi connectivity index (χ0v) is 20.4. The lowest BCUT2D eigenvalue weighted by Gasteiger charge is -2.26. The lowest BCUT2D eigenvalue weighted by atomic mass is 9.94. The number of fused-ring (bicyclic) bond motifs is 1. The minimum absolute atomic E-state index is 0.0553. The van der Waals surface area contributed by atoms with Gasteiger partial charge in [-0.3, -0.25) is 9.59 Å². The van der Waals surface area contributed by atoms with Crippen molar-refractivity contribution in [3.63, 3.8) is 0 Å². The molecule has 2 heterocycles. The van der Waals surface area contributed by atoms with Gasteiger partial charge in [-0.25, -0.2) is 0 Å². The summed E-state index contributed by atoms with van der Waals surface area (Å²) in [5.41, 5.74) is 3.14. The molecule has 1 N–H and O–H groups in total. The largest absolute Gasteiger partial charge is 0.507 e. The van der Waals surface area contributed by atoms with Gasteiger partial charge in [-0.2, -0.15) is 0 Å². The number of ketones is 1. The molecule has 2 aliphatic rings. The maximum Gasteiger partial charge on any atom is 0.295 e. The summed E-state index contributed by atoms with van der Waals surface area (Å²) in [5.74, 6) is -0.0813. The first-order valence-corrected chi connectivity index (χ1v) is 12.3. The van der Waals surface area contributed by atoms with E-state index in [-0.39, 0.29) is 24.0 Å². The molecule has 0 saturated carbocycles. The van der Waals surface area contributed by atoms with E-state index in [1.807, 2.05) is 80.6 Å². The summed E-state index contributed by atoms with van der Waals surface area (Å²) < 4.78 is 11.6. The van der Waals surface area contributed by atoms with E-state index >= 15 is 0 Å². The Kier molecular flexibility index (Phi) is 6.51. The quantitative estimate of drug-likeness (QED) is 0.276. The average Bonchev–Trinajstić information content (AvgIpc) is 3.39. The third-order valence-electron chi connectivity index (χ3n) is 6.55. The van der Waals surface area contributed by atoms with Crippen molar-refractivity contribution in [2.45, 2.75) is 45.4 Å². The number of ether oxygens (including phenoxy) is 2. The Bertz CT molecular complexity index is 1330. The molecule has 0 spiro atoms. The molecule has 6 heteroatoms. The second-order valence-corrected chi connectivity index (χ2v) is 9.29. The third-order valence-corrected chi connectivity index (χ3v) is 6.55. The van der Waals surface area contributed by atoms with Crippen molar-refractivity contribution in [3.05, 3.63) is 101 Å². The van der Waals surface area contributed by atoms with Crippen molar-refractivity contribution >= 4 is 17.4 Å². The lowest BCUT2D eigenvalue weighted by molar-refractivity contribution is -0.140. The molecule has 3 aromatic rings. The van der Waals surface area contributed by atoms with Crippen LogP contribution in [0, 0.1) is 0 Å². The fourth-order valence-corrected chi connectivity index (χ4v) is 4.89. The minimum Gasteiger partial charge on any atom is -0.507 e. The molecule has 2 atom stereocenters. The van der Waals surface area contributed by atoms with Gasteiger partial charge in [0.2, 0.25) is 0 Å². The Morgan fingerprint density at radius 3 is 2.64 bits per heavy atom. The molecule has 3 aromatic carbocycles. The molecule has 1 saturated heterocycles. The number of carbonyl (C=O) groups is 2. The van der Waals surface area contributed by atoms with E-state index in [1.165, 1.54) is 4.90 Å². The highest BCUT2D eigenvalue weighted by Crippen LogP contribution is 2.42. The SMILES string of the molecule is CCCOc1cccc([C@H]2C(=C(O)c3ccc4c(c3)C[C@H](C)O4)C(=O)C(=O)N2Cc2ccccc2)c1. The highest BCUT2D eigenvalue weighted by molar-refractivity contribution is 6.46. The molecule has 2 aliphatic heterocycles. The minimum atomic E-state index is -0.751. The highest BCUT2D eigenvalue weighted by Gasteiger charge is 2.46. The van der Waals surface area contributed by atoms with Crippen LogP contribution < -0.4 is 9.47 Å². The first-order valence-electron chi connectivity index (χ1n) is 12.3. The van der Waals surface area contributed by atoms with E-state index in [9.17, 15) is 14.7 Å². The molecule has 0 radical (unpaired) electrons. The highest BCUT2D eigenvalue weighted by atomic mass is 16.5. The number of Topliss-reactive ketones (excluding diaryl/α,β-unsaturated/α-hetero) is 1. The number of benzene rings is 3.